The lowest BCUT2D eigenvalue weighted by Gasteiger charge is -2.21. The number of rotatable bonds is 1. The largest absolute Gasteiger partial charge is 0.507 e. The maximum Gasteiger partial charge on any atom is 0.342 e. The first-order valence-electron chi connectivity index (χ1n) is 8.93. The van der Waals surface area contributed by atoms with E-state index in [1.807, 2.05) is 0 Å². The number of phenols is 1. The predicted molar refractivity (Wildman–Crippen MR) is 97.8 cm³/mol. The molecule has 0 unspecified atom stereocenters. The number of carbonyl (C=O) groups is 2. The van der Waals surface area contributed by atoms with Crippen LogP contribution < -0.4 is 4.74 Å². The number of benzene rings is 1. The van der Waals surface area contributed by atoms with Crippen LogP contribution in [0.15, 0.2) is 24.3 Å². The van der Waals surface area contributed by atoms with Crippen molar-refractivity contribution in [3.05, 3.63) is 35.4 Å². The van der Waals surface area contributed by atoms with Crippen molar-refractivity contribution >= 4 is 11.8 Å². The third-order valence-electron chi connectivity index (χ3n) is 4.81. The van der Waals surface area contributed by atoms with Crippen LogP contribution in [0.2, 0.25) is 0 Å². The fraction of sp³-hybridized carbons (Fsp3) is 0.500. The van der Waals surface area contributed by atoms with Crippen LogP contribution in [-0.4, -0.2) is 52.5 Å². The van der Waals surface area contributed by atoms with Gasteiger partial charge >= 0.3 is 5.97 Å². The van der Waals surface area contributed by atoms with Crippen molar-refractivity contribution in [3.63, 3.8) is 0 Å². The molecule has 1 aliphatic rings. The molecule has 1 aromatic carbocycles. The molecule has 0 saturated carbocycles. The monoisotopic (exact) mass is 378 g/mol. The Kier molecular flexibility index (Phi) is 6.98. The summed E-state index contributed by atoms with van der Waals surface area (Å²) in [6.07, 6.45) is 0.294. The molecule has 0 aromatic heterocycles. The maximum absolute atomic E-state index is 12.6. The number of carbonyl (C=O) groups excluding carboxylic acids is 2. The molecule has 148 valence electrons. The van der Waals surface area contributed by atoms with Crippen molar-refractivity contribution in [3.8, 4) is 11.5 Å². The first kappa shape index (κ1) is 20.9. The number of fused-ring (bicyclic) bond motifs is 1. The third kappa shape index (κ3) is 5.08. The van der Waals surface area contributed by atoms with Crippen molar-refractivity contribution in [2.24, 2.45) is 5.92 Å². The van der Waals surface area contributed by atoms with Crippen LogP contribution in [0, 0.1) is 5.92 Å². The smallest absolute Gasteiger partial charge is 0.342 e. The van der Waals surface area contributed by atoms with Gasteiger partial charge in [0.05, 0.1) is 13.2 Å². The molecule has 0 saturated heterocycles. The van der Waals surface area contributed by atoms with E-state index in [0.717, 1.165) is 0 Å². The molecule has 0 spiro atoms. The lowest BCUT2D eigenvalue weighted by atomic mass is 9.96. The van der Waals surface area contributed by atoms with Gasteiger partial charge in [0.15, 0.2) is 5.78 Å². The van der Waals surface area contributed by atoms with Gasteiger partial charge in [-0.1, -0.05) is 13.0 Å². The Labute approximate surface area is 158 Å². The molecule has 2 rings (SSSR count). The molecule has 0 bridgehead atoms. The van der Waals surface area contributed by atoms with Crippen LogP contribution in [0.3, 0.4) is 0 Å². The Balaban J connectivity index is 2.41. The van der Waals surface area contributed by atoms with Gasteiger partial charge in [0, 0.05) is 12.0 Å². The molecule has 7 heteroatoms. The van der Waals surface area contributed by atoms with Gasteiger partial charge in [-0.25, -0.2) is 4.79 Å². The van der Waals surface area contributed by atoms with E-state index >= 15 is 0 Å². The van der Waals surface area contributed by atoms with Crippen molar-refractivity contribution < 1.29 is 34.4 Å². The van der Waals surface area contributed by atoms with Gasteiger partial charge < -0.3 is 24.8 Å². The van der Waals surface area contributed by atoms with Crippen molar-refractivity contribution in [2.75, 3.05) is 7.11 Å². The number of ketones is 1. The predicted octanol–water partition coefficient (Wildman–Crippen LogP) is 1.77. The molecule has 1 aliphatic heterocycles. The van der Waals surface area contributed by atoms with Gasteiger partial charge in [-0.3, -0.25) is 4.79 Å². The molecule has 0 aliphatic carbocycles. The quantitative estimate of drug-likeness (QED) is 0.638. The summed E-state index contributed by atoms with van der Waals surface area (Å²) in [5.74, 6) is -1.42. The van der Waals surface area contributed by atoms with E-state index < -0.39 is 30.1 Å². The molecule has 3 N–H and O–H groups in total. The molecular formula is C20H26O7. The van der Waals surface area contributed by atoms with Crippen molar-refractivity contribution in [1.29, 1.82) is 0 Å². The topological polar surface area (TPSA) is 113 Å². The van der Waals surface area contributed by atoms with Gasteiger partial charge in [0.25, 0.3) is 0 Å². The standard InChI is InChI=1S/C20H26O7/c1-11-7-8-16(22)19(24)15(21)6-4-5-13-9-14(26-3)10-17(23)18(13)20(25)27-12(11)2/h7-12,15,19,21,23-24H,4-6H2,1-3H3/b8-7-/t11-,12+,15+,19+/m1/s1. The zero-order chi connectivity index (χ0) is 20.1. The SMILES string of the molecule is COc1cc(O)c2c(c1)CCC[C@H](O)[C@H](O)C(=O)/C=C\[C@@H](C)[C@H](C)OC2=O. The van der Waals surface area contributed by atoms with E-state index in [9.17, 15) is 24.9 Å². The summed E-state index contributed by atoms with van der Waals surface area (Å²) in [6, 6.07) is 2.97. The van der Waals surface area contributed by atoms with Crippen LogP contribution in [0.4, 0.5) is 0 Å². The molecule has 0 fully saturated rings. The second-order valence-corrected chi connectivity index (χ2v) is 6.82. The minimum atomic E-state index is -1.51. The number of aliphatic hydroxyl groups is 2. The number of cyclic esters (lactones) is 1. The summed E-state index contributed by atoms with van der Waals surface area (Å²) in [5, 5.41) is 30.3. The first-order valence-corrected chi connectivity index (χ1v) is 8.93. The van der Waals surface area contributed by atoms with Crippen LogP contribution in [0.1, 0.15) is 42.6 Å². The summed E-state index contributed by atoms with van der Waals surface area (Å²) in [6.45, 7) is 3.43. The molecule has 1 heterocycles. The number of aromatic hydroxyl groups is 1. The molecule has 4 atom stereocenters. The highest BCUT2D eigenvalue weighted by Gasteiger charge is 2.26. The summed E-state index contributed by atoms with van der Waals surface area (Å²) in [4.78, 5) is 24.6. The van der Waals surface area contributed by atoms with E-state index in [1.54, 1.807) is 19.9 Å². The maximum atomic E-state index is 12.6. The minimum absolute atomic E-state index is 0.0574. The number of ether oxygens (including phenoxy) is 2. The highest BCUT2D eigenvalue weighted by molar-refractivity contribution is 5.95. The average Bonchev–Trinajstić information content (AvgIpc) is 2.63. The summed E-state index contributed by atoms with van der Waals surface area (Å²) < 4.78 is 10.6. The molecule has 0 radical (unpaired) electrons. The van der Waals surface area contributed by atoms with Crippen LogP contribution >= 0.6 is 0 Å². The van der Waals surface area contributed by atoms with Crippen LogP contribution in [0.25, 0.3) is 0 Å². The Morgan fingerprint density at radius 2 is 1.89 bits per heavy atom. The van der Waals surface area contributed by atoms with Gasteiger partial charge in [-0.15, -0.1) is 0 Å². The Morgan fingerprint density at radius 3 is 2.56 bits per heavy atom. The number of phenolic OH excluding ortho intramolecular Hbond substituents is 1. The second kappa shape index (κ2) is 9.01. The highest BCUT2D eigenvalue weighted by atomic mass is 16.5. The van der Waals surface area contributed by atoms with E-state index in [1.165, 1.54) is 25.3 Å². The third-order valence-corrected chi connectivity index (χ3v) is 4.81. The number of aryl methyl sites for hydroxylation is 1. The number of aliphatic hydroxyl groups excluding tert-OH is 2. The molecule has 1 aromatic rings. The van der Waals surface area contributed by atoms with Gasteiger partial charge in [-0.2, -0.15) is 0 Å². The fourth-order valence-corrected chi connectivity index (χ4v) is 2.89. The molecular weight excluding hydrogens is 352 g/mol. The van der Waals surface area contributed by atoms with Crippen molar-refractivity contribution in [1.82, 2.24) is 0 Å². The lowest BCUT2D eigenvalue weighted by molar-refractivity contribution is -0.128. The van der Waals surface area contributed by atoms with E-state index in [0.29, 0.717) is 24.2 Å². The highest BCUT2D eigenvalue weighted by Crippen LogP contribution is 2.31. The summed E-state index contributed by atoms with van der Waals surface area (Å²) in [5.41, 5.74) is 0.569. The van der Waals surface area contributed by atoms with Crippen LogP contribution in [0.5, 0.6) is 11.5 Å². The zero-order valence-electron chi connectivity index (χ0n) is 15.7. The normalized spacial score (nSPS) is 28.6. The van der Waals surface area contributed by atoms with E-state index in [2.05, 4.69) is 0 Å². The second-order valence-electron chi connectivity index (χ2n) is 6.82. The van der Waals surface area contributed by atoms with Gasteiger partial charge in [0.1, 0.15) is 29.3 Å². The molecule has 0 amide bonds. The zero-order valence-corrected chi connectivity index (χ0v) is 15.7. The summed E-state index contributed by atoms with van der Waals surface area (Å²) >= 11 is 0. The minimum Gasteiger partial charge on any atom is -0.507 e. The lowest BCUT2D eigenvalue weighted by Crippen LogP contribution is -2.33. The van der Waals surface area contributed by atoms with E-state index in [-0.39, 0.29) is 23.7 Å². The van der Waals surface area contributed by atoms with Crippen LogP contribution in [-0.2, 0) is 16.0 Å². The number of esters is 1. The summed E-state index contributed by atoms with van der Waals surface area (Å²) in [7, 11) is 1.45. The van der Waals surface area contributed by atoms with Crippen molar-refractivity contribution in [2.45, 2.75) is 51.4 Å². The molecule has 27 heavy (non-hydrogen) atoms. The Hall–Kier alpha value is -2.38. The molecule has 7 nitrogen and oxygen atoms in total. The number of hydrogen-bond donors (Lipinski definition) is 3. The fourth-order valence-electron chi connectivity index (χ4n) is 2.89. The van der Waals surface area contributed by atoms with E-state index in [4.69, 9.17) is 9.47 Å². The Morgan fingerprint density at radius 1 is 1.19 bits per heavy atom. The Bertz CT molecular complexity index is 725. The number of hydrogen-bond acceptors (Lipinski definition) is 7. The first-order chi connectivity index (χ1) is 12.7. The average molecular weight is 378 g/mol. The number of methoxy groups -OCH3 is 1. The van der Waals surface area contributed by atoms with Gasteiger partial charge in [-0.05, 0) is 43.9 Å². The van der Waals surface area contributed by atoms with Gasteiger partial charge in [0.2, 0.25) is 0 Å².